The zero-order chi connectivity index (χ0) is 14.3. The monoisotopic (exact) mass is 334 g/mol. The van der Waals surface area contributed by atoms with Crippen LogP contribution in [0.15, 0.2) is 39.4 Å². The van der Waals surface area contributed by atoms with Crippen molar-refractivity contribution < 1.29 is 14.3 Å². The van der Waals surface area contributed by atoms with Gasteiger partial charge < -0.3 is 9.52 Å². The molecule has 6 heteroatoms. The lowest BCUT2D eigenvalue weighted by atomic mass is 10.1. The lowest BCUT2D eigenvalue weighted by molar-refractivity contribution is -0.136. The predicted octanol–water partition coefficient (Wildman–Crippen LogP) is 3.22. The first-order chi connectivity index (χ1) is 9.58. The second-order valence-electron chi connectivity index (χ2n) is 4.45. The predicted molar refractivity (Wildman–Crippen MR) is 77.5 cm³/mol. The molecule has 0 amide bonds. The van der Waals surface area contributed by atoms with Crippen molar-refractivity contribution in [1.29, 1.82) is 0 Å². The number of hydrogen-bond acceptors (Lipinski definition) is 3. The van der Waals surface area contributed by atoms with E-state index >= 15 is 0 Å². The van der Waals surface area contributed by atoms with Gasteiger partial charge in [-0.3, -0.25) is 9.48 Å². The Balaban J connectivity index is 2.19. The van der Waals surface area contributed by atoms with Crippen LogP contribution in [0, 0.1) is 0 Å². The highest BCUT2D eigenvalue weighted by atomic mass is 79.9. The number of carboxylic acid groups (broad SMARTS) is 1. The average molecular weight is 335 g/mol. The molecule has 2 heterocycles. The van der Waals surface area contributed by atoms with Crippen molar-refractivity contribution in [2.75, 3.05) is 0 Å². The van der Waals surface area contributed by atoms with E-state index in [9.17, 15) is 4.79 Å². The number of benzene rings is 1. The molecular weight excluding hydrogens is 324 g/mol. The molecule has 0 saturated heterocycles. The van der Waals surface area contributed by atoms with E-state index in [0.717, 1.165) is 22.2 Å². The first kappa shape index (κ1) is 12.9. The zero-order valence-electron chi connectivity index (χ0n) is 10.6. The summed E-state index contributed by atoms with van der Waals surface area (Å²) < 4.78 is 7.88. The van der Waals surface area contributed by atoms with E-state index in [1.807, 2.05) is 24.3 Å². The molecule has 0 saturated carbocycles. The van der Waals surface area contributed by atoms with Crippen LogP contribution in [0.5, 0.6) is 0 Å². The minimum absolute atomic E-state index is 0.121. The van der Waals surface area contributed by atoms with Gasteiger partial charge in [-0.05, 0) is 22.0 Å². The van der Waals surface area contributed by atoms with Gasteiger partial charge in [0.2, 0.25) is 0 Å². The lowest BCUT2D eigenvalue weighted by Crippen LogP contribution is -2.02. The minimum Gasteiger partial charge on any atom is -0.481 e. The van der Waals surface area contributed by atoms with Gasteiger partial charge in [-0.15, -0.1) is 0 Å². The lowest BCUT2D eigenvalue weighted by Gasteiger charge is -2.00. The topological polar surface area (TPSA) is 68.3 Å². The van der Waals surface area contributed by atoms with E-state index in [1.54, 1.807) is 18.0 Å². The maximum Gasteiger partial charge on any atom is 0.309 e. The van der Waals surface area contributed by atoms with Gasteiger partial charge in [-0.1, -0.05) is 18.2 Å². The van der Waals surface area contributed by atoms with Gasteiger partial charge in [0.1, 0.15) is 11.8 Å². The number of hydrogen-bond donors (Lipinski definition) is 1. The van der Waals surface area contributed by atoms with Crippen molar-refractivity contribution in [3.05, 3.63) is 40.7 Å². The van der Waals surface area contributed by atoms with Crippen LogP contribution in [0.4, 0.5) is 0 Å². The number of aromatic nitrogens is 2. The fourth-order valence-electron chi connectivity index (χ4n) is 2.26. The Morgan fingerprint density at radius 2 is 2.20 bits per heavy atom. The van der Waals surface area contributed by atoms with Crippen LogP contribution in [0.1, 0.15) is 5.69 Å². The highest BCUT2D eigenvalue weighted by Crippen LogP contribution is 2.36. The number of carboxylic acids is 1. The maximum atomic E-state index is 10.9. The van der Waals surface area contributed by atoms with Gasteiger partial charge in [0, 0.05) is 18.0 Å². The summed E-state index contributed by atoms with van der Waals surface area (Å²) >= 11 is 3.45. The Morgan fingerprint density at radius 3 is 2.95 bits per heavy atom. The molecule has 0 radical (unpaired) electrons. The van der Waals surface area contributed by atoms with Crippen LogP contribution in [0.25, 0.3) is 22.2 Å². The van der Waals surface area contributed by atoms with Gasteiger partial charge in [-0.2, -0.15) is 5.10 Å². The smallest absolute Gasteiger partial charge is 0.309 e. The van der Waals surface area contributed by atoms with Crippen molar-refractivity contribution in [1.82, 2.24) is 9.78 Å². The third-order valence-electron chi connectivity index (χ3n) is 3.11. The van der Waals surface area contributed by atoms with Gasteiger partial charge in [-0.25, -0.2) is 0 Å². The number of furan rings is 1. The molecule has 5 nitrogen and oxygen atoms in total. The van der Waals surface area contributed by atoms with Crippen LogP contribution >= 0.6 is 15.9 Å². The molecule has 0 atom stereocenters. The molecule has 0 spiro atoms. The van der Waals surface area contributed by atoms with Crippen LogP contribution in [-0.2, 0) is 18.3 Å². The highest BCUT2D eigenvalue weighted by Gasteiger charge is 2.20. The van der Waals surface area contributed by atoms with Gasteiger partial charge in [0.15, 0.2) is 0 Å². The molecule has 0 aliphatic carbocycles. The van der Waals surface area contributed by atoms with E-state index in [1.165, 1.54) is 0 Å². The largest absolute Gasteiger partial charge is 0.481 e. The van der Waals surface area contributed by atoms with Gasteiger partial charge in [0.25, 0.3) is 0 Å². The van der Waals surface area contributed by atoms with Gasteiger partial charge in [0.05, 0.1) is 22.3 Å². The number of rotatable bonds is 3. The summed E-state index contributed by atoms with van der Waals surface area (Å²) in [6.45, 7) is 0. The number of para-hydroxylation sites is 1. The molecule has 3 aromatic rings. The maximum absolute atomic E-state index is 10.9. The molecule has 3 rings (SSSR count). The second-order valence-corrected chi connectivity index (χ2v) is 5.24. The summed E-state index contributed by atoms with van der Waals surface area (Å²) in [4.78, 5) is 10.9. The number of aryl methyl sites for hydroxylation is 1. The number of carbonyl (C=O) groups is 1. The summed E-state index contributed by atoms with van der Waals surface area (Å²) in [6, 6.07) is 7.69. The number of halogens is 1. The van der Waals surface area contributed by atoms with Crippen molar-refractivity contribution >= 4 is 32.9 Å². The molecule has 1 aromatic carbocycles. The van der Waals surface area contributed by atoms with Crippen molar-refractivity contribution in [3.8, 4) is 11.3 Å². The Hall–Kier alpha value is -2.08. The van der Waals surface area contributed by atoms with E-state index in [4.69, 9.17) is 9.52 Å². The summed E-state index contributed by atoms with van der Waals surface area (Å²) in [5, 5.41) is 14.1. The number of nitrogens with zero attached hydrogens (tertiary/aromatic N) is 2. The average Bonchev–Trinajstić information content (AvgIpc) is 2.92. The fraction of sp³-hybridized carbons (Fsp3) is 0.143. The molecule has 0 unspecified atom stereocenters. The van der Waals surface area contributed by atoms with E-state index in [-0.39, 0.29) is 6.42 Å². The standard InChI is InChI=1S/C14H11BrN2O3/c1-17-14(13(15)10(16-17)6-12(18)19)9-7-20-11-5-3-2-4-8(9)11/h2-5,7H,6H2,1H3,(H,18,19). The summed E-state index contributed by atoms with van der Waals surface area (Å²) in [5.74, 6) is -0.910. The molecule has 0 bridgehead atoms. The van der Waals surface area contributed by atoms with E-state index in [2.05, 4.69) is 21.0 Å². The quantitative estimate of drug-likeness (QED) is 0.798. The molecule has 20 heavy (non-hydrogen) atoms. The van der Waals surface area contributed by atoms with Crippen molar-refractivity contribution in [2.24, 2.45) is 7.05 Å². The van der Waals surface area contributed by atoms with E-state index in [0.29, 0.717) is 10.2 Å². The zero-order valence-corrected chi connectivity index (χ0v) is 12.2. The SMILES string of the molecule is Cn1nc(CC(=O)O)c(Br)c1-c1coc2ccccc12. The minimum atomic E-state index is -0.910. The van der Waals surface area contributed by atoms with Crippen LogP contribution in [0.2, 0.25) is 0 Å². The summed E-state index contributed by atoms with van der Waals surface area (Å²) in [7, 11) is 1.78. The van der Waals surface area contributed by atoms with Crippen LogP contribution in [-0.4, -0.2) is 20.9 Å². The molecule has 0 aliphatic rings. The normalized spacial score (nSPS) is 11.1. The molecule has 1 N–H and O–H groups in total. The van der Waals surface area contributed by atoms with Gasteiger partial charge >= 0.3 is 5.97 Å². The number of fused-ring (bicyclic) bond motifs is 1. The Bertz CT molecular complexity index is 804. The third kappa shape index (κ3) is 2.02. The van der Waals surface area contributed by atoms with Crippen LogP contribution < -0.4 is 0 Å². The third-order valence-corrected chi connectivity index (χ3v) is 3.94. The number of aliphatic carboxylic acids is 1. The Morgan fingerprint density at radius 1 is 1.45 bits per heavy atom. The summed E-state index contributed by atoms with van der Waals surface area (Å²) in [5.41, 5.74) is 2.99. The van der Waals surface area contributed by atoms with Crippen molar-refractivity contribution in [2.45, 2.75) is 6.42 Å². The van der Waals surface area contributed by atoms with Crippen molar-refractivity contribution in [3.63, 3.8) is 0 Å². The Kier molecular flexibility index (Phi) is 3.10. The molecule has 0 fully saturated rings. The summed E-state index contributed by atoms with van der Waals surface area (Å²) in [6.07, 6.45) is 1.54. The molecule has 2 aromatic heterocycles. The fourth-order valence-corrected chi connectivity index (χ4v) is 2.95. The first-order valence-corrected chi connectivity index (χ1v) is 6.77. The second kappa shape index (κ2) is 4.79. The molecule has 0 aliphatic heterocycles. The Labute approximate surface area is 122 Å². The van der Waals surface area contributed by atoms with E-state index < -0.39 is 5.97 Å². The highest BCUT2D eigenvalue weighted by molar-refractivity contribution is 9.10. The molecule has 102 valence electrons. The first-order valence-electron chi connectivity index (χ1n) is 5.97. The molecular formula is C14H11BrN2O3. The van der Waals surface area contributed by atoms with Crippen LogP contribution in [0.3, 0.4) is 0 Å².